The van der Waals surface area contributed by atoms with E-state index in [4.69, 9.17) is 9.26 Å². The summed E-state index contributed by atoms with van der Waals surface area (Å²) >= 11 is 0. The molecule has 0 saturated carbocycles. The first kappa shape index (κ1) is 22.2. The van der Waals surface area contributed by atoms with Gasteiger partial charge in [0.15, 0.2) is 0 Å². The van der Waals surface area contributed by atoms with E-state index in [-0.39, 0.29) is 13.2 Å². The molecule has 2 N–H and O–H groups in total. The third-order valence-electron chi connectivity index (χ3n) is 5.33. The van der Waals surface area contributed by atoms with Crippen molar-refractivity contribution in [2.24, 2.45) is 0 Å². The van der Waals surface area contributed by atoms with Gasteiger partial charge in [-0.2, -0.15) is 0 Å². The van der Waals surface area contributed by atoms with Gasteiger partial charge in [0.25, 0.3) is 5.91 Å². The largest absolute Gasteiger partial charge is 0.457 e. The average molecular weight is 453 g/mol. The zero-order valence-electron chi connectivity index (χ0n) is 17.5. The minimum atomic E-state index is -3.63. The number of rotatable bonds is 7. The highest BCUT2D eigenvalue weighted by molar-refractivity contribution is 7.64. The fraction of sp³-hybridized carbons (Fsp3) is 0.217. The fourth-order valence-electron chi connectivity index (χ4n) is 3.81. The maximum absolute atomic E-state index is 14.3. The maximum Gasteiger partial charge on any atom is 0.303 e. The SMILES string of the molecule is CCO[P@](=O)(c1ccc(Oc2ccncc2)cc1)N1Cc2ccccc2C[C@@H]1C(=O)NO. The minimum absolute atomic E-state index is 0.193. The Morgan fingerprint density at radius 3 is 2.41 bits per heavy atom. The Morgan fingerprint density at radius 2 is 1.75 bits per heavy atom. The van der Waals surface area contributed by atoms with E-state index in [1.807, 2.05) is 24.3 Å². The van der Waals surface area contributed by atoms with Crippen LogP contribution in [0.15, 0.2) is 73.1 Å². The summed E-state index contributed by atoms with van der Waals surface area (Å²) in [5.41, 5.74) is 3.65. The van der Waals surface area contributed by atoms with Crippen LogP contribution < -0.4 is 15.5 Å². The summed E-state index contributed by atoms with van der Waals surface area (Å²) in [5.74, 6) is 0.571. The molecule has 3 aromatic rings. The van der Waals surface area contributed by atoms with E-state index < -0.39 is 19.5 Å². The van der Waals surface area contributed by atoms with Crippen molar-refractivity contribution in [1.29, 1.82) is 0 Å². The van der Waals surface area contributed by atoms with Crippen molar-refractivity contribution in [2.45, 2.75) is 25.9 Å². The van der Waals surface area contributed by atoms with Crippen LogP contribution in [0.1, 0.15) is 18.1 Å². The molecule has 0 aliphatic carbocycles. The molecule has 0 spiro atoms. The van der Waals surface area contributed by atoms with Gasteiger partial charge < -0.3 is 9.26 Å². The van der Waals surface area contributed by atoms with Crippen LogP contribution in [-0.2, 0) is 26.8 Å². The quantitative estimate of drug-likeness (QED) is 0.320. The molecule has 1 aliphatic rings. The molecular formula is C23H24N3O5P. The number of nitrogens with one attached hydrogen (secondary N) is 1. The van der Waals surface area contributed by atoms with Crippen molar-refractivity contribution in [1.82, 2.24) is 15.1 Å². The third-order valence-corrected chi connectivity index (χ3v) is 7.98. The molecule has 1 aliphatic heterocycles. The van der Waals surface area contributed by atoms with E-state index in [0.29, 0.717) is 23.2 Å². The lowest BCUT2D eigenvalue weighted by Gasteiger charge is -2.39. The van der Waals surface area contributed by atoms with E-state index in [9.17, 15) is 14.6 Å². The van der Waals surface area contributed by atoms with Gasteiger partial charge in [-0.05, 0) is 60.9 Å². The molecule has 4 rings (SSSR count). The molecule has 2 atom stereocenters. The number of fused-ring (bicyclic) bond motifs is 1. The summed E-state index contributed by atoms with van der Waals surface area (Å²) in [6.07, 6.45) is 3.57. The smallest absolute Gasteiger partial charge is 0.303 e. The highest BCUT2D eigenvalue weighted by Gasteiger charge is 2.44. The zero-order valence-corrected chi connectivity index (χ0v) is 18.4. The van der Waals surface area contributed by atoms with Crippen molar-refractivity contribution in [3.63, 3.8) is 0 Å². The van der Waals surface area contributed by atoms with E-state index in [1.165, 1.54) is 0 Å². The van der Waals surface area contributed by atoms with Crippen LogP contribution in [0.5, 0.6) is 11.5 Å². The van der Waals surface area contributed by atoms with Crippen molar-refractivity contribution in [3.8, 4) is 11.5 Å². The molecule has 32 heavy (non-hydrogen) atoms. The Labute approximate surface area is 186 Å². The Bertz CT molecular complexity index is 1120. The molecule has 166 valence electrons. The number of hydroxylamine groups is 1. The first-order valence-corrected chi connectivity index (χ1v) is 11.8. The summed E-state index contributed by atoms with van der Waals surface area (Å²) in [6, 6.07) is 17.1. The first-order valence-electron chi connectivity index (χ1n) is 10.3. The molecule has 1 aromatic heterocycles. The second-order valence-corrected chi connectivity index (χ2v) is 9.61. The van der Waals surface area contributed by atoms with Gasteiger partial charge in [0.05, 0.1) is 11.9 Å². The molecule has 0 radical (unpaired) electrons. The van der Waals surface area contributed by atoms with Crippen molar-refractivity contribution in [2.75, 3.05) is 6.61 Å². The number of aromatic nitrogens is 1. The lowest BCUT2D eigenvalue weighted by molar-refractivity contribution is -0.133. The fourth-order valence-corrected chi connectivity index (χ4v) is 6.17. The van der Waals surface area contributed by atoms with Crippen LogP contribution in [0, 0.1) is 0 Å². The second-order valence-electron chi connectivity index (χ2n) is 7.28. The summed E-state index contributed by atoms with van der Waals surface area (Å²) < 4.78 is 27.4. The van der Waals surface area contributed by atoms with Gasteiger partial charge in [-0.15, -0.1) is 0 Å². The Hall–Kier alpha value is -3.03. The Morgan fingerprint density at radius 1 is 1.09 bits per heavy atom. The van der Waals surface area contributed by atoms with E-state index >= 15 is 0 Å². The van der Waals surface area contributed by atoms with Crippen molar-refractivity contribution in [3.05, 3.63) is 84.2 Å². The van der Waals surface area contributed by atoms with Crippen molar-refractivity contribution < 1.29 is 23.8 Å². The normalized spacial score (nSPS) is 17.8. The van der Waals surface area contributed by atoms with Gasteiger partial charge in [0.1, 0.15) is 17.5 Å². The van der Waals surface area contributed by atoms with Crippen LogP contribution in [0.25, 0.3) is 0 Å². The van der Waals surface area contributed by atoms with E-state index in [0.717, 1.165) is 11.1 Å². The molecule has 8 nitrogen and oxygen atoms in total. The van der Waals surface area contributed by atoms with Gasteiger partial charge in [0.2, 0.25) is 0 Å². The van der Waals surface area contributed by atoms with Gasteiger partial charge in [-0.25, -0.2) is 10.2 Å². The molecule has 9 heteroatoms. The van der Waals surface area contributed by atoms with Crippen LogP contribution in [0.2, 0.25) is 0 Å². The molecule has 2 aromatic carbocycles. The number of carbonyl (C=O) groups is 1. The number of benzene rings is 2. The lowest BCUT2D eigenvalue weighted by atomic mass is 9.95. The summed E-state index contributed by atoms with van der Waals surface area (Å²) in [4.78, 5) is 16.5. The number of ether oxygens (including phenoxy) is 1. The van der Waals surface area contributed by atoms with Crippen LogP contribution in [0.3, 0.4) is 0 Å². The molecule has 0 bridgehead atoms. The number of hydrogen-bond acceptors (Lipinski definition) is 6. The van der Waals surface area contributed by atoms with Crippen molar-refractivity contribution >= 4 is 18.7 Å². The highest BCUT2D eigenvalue weighted by atomic mass is 31.2. The standard InChI is InChI=1S/C23H24N3O5P/c1-2-30-32(29,21-9-7-19(8-10-21)31-20-11-13-24-14-12-20)26-16-18-6-4-3-5-17(18)15-22(26)23(27)25-28/h3-14,22,28H,2,15-16H2,1H3,(H,25,27)/t22-,32-/m1/s1. The van der Waals surface area contributed by atoms with E-state index in [2.05, 4.69) is 4.98 Å². The summed E-state index contributed by atoms with van der Waals surface area (Å²) in [6.45, 7) is 2.20. The zero-order chi connectivity index (χ0) is 22.6. The highest BCUT2D eigenvalue weighted by Crippen LogP contribution is 2.53. The Kier molecular flexibility index (Phi) is 6.67. The van der Waals surface area contributed by atoms with Gasteiger partial charge in [-0.3, -0.25) is 19.6 Å². The maximum atomic E-state index is 14.3. The Balaban J connectivity index is 1.68. The molecule has 0 unspecified atom stereocenters. The predicted octanol–water partition coefficient (Wildman–Crippen LogP) is 3.66. The van der Waals surface area contributed by atoms with Gasteiger partial charge in [-0.1, -0.05) is 24.3 Å². The number of nitrogens with zero attached hydrogens (tertiary/aromatic N) is 2. The minimum Gasteiger partial charge on any atom is -0.457 e. The number of hydrogen-bond donors (Lipinski definition) is 2. The summed E-state index contributed by atoms with van der Waals surface area (Å²) in [7, 11) is -3.63. The van der Waals surface area contributed by atoms with Gasteiger partial charge >= 0.3 is 7.52 Å². The number of carbonyl (C=O) groups excluding carboxylic acids is 1. The van der Waals surface area contributed by atoms with Crippen LogP contribution in [0.4, 0.5) is 0 Å². The molecular weight excluding hydrogens is 429 g/mol. The number of amides is 1. The van der Waals surface area contributed by atoms with Gasteiger partial charge in [0, 0.05) is 18.9 Å². The third kappa shape index (κ3) is 4.45. The van der Waals surface area contributed by atoms with Crippen LogP contribution >= 0.6 is 7.52 Å². The number of pyridine rings is 1. The predicted molar refractivity (Wildman–Crippen MR) is 119 cm³/mol. The lowest BCUT2D eigenvalue weighted by Crippen LogP contribution is -2.49. The summed E-state index contributed by atoms with van der Waals surface area (Å²) in [5, 5.41) is 9.76. The molecule has 0 fully saturated rings. The molecule has 2 heterocycles. The first-order chi connectivity index (χ1) is 15.5. The monoisotopic (exact) mass is 453 g/mol. The van der Waals surface area contributed by atoms with E-state index in [1.54, 1.807) is 65.9 Å². The second kappa shape index (κ2) is 9.63. The van der Waals surface area contributed by atoms with Crippen LogP contribution in [-0.4, -0.2) is 33.4 Å². The average Bonchev–Trinajstić information content (AvgIpc) is 2.84. The molecule has 1 amide bonds. The topological polar surface area (TPSA) is 101 Å². The molecule has 0 saturated heterocycles.